The number of hydrogen-bond acceptors (Lipinski definition) is 4. The lowest BCUT2D eigenvalue weighted by Gasteiger charge is -2.13. The van der Waals surface area contributed by atoms with Crippen LogP contribution in [0.2, 0.25) is 5.02 Å². The number of fused-ring (bicyclic) bond motifs is 1. The van der Waals surface area contributed by atoms with Crippen LogP contribution in [-0.4, -0.2) is 18.0 Å². The molecule has 7 heteroatoms. The SMILES string of the molecule is C[C@@H](OC(=O)c1sc2ccccc2c1Cl)C(=O)Nc1ccccc1F. The van der Waals surface area contributed by atoms with E-state index in [2.05, 4.69) is 5.32 Å². The first-order valence-corrected chi connectivity index (χ1v) is 8.60. The molecule has 0 aliphatic rings. The summed E-state index contributed by atoms with van der Waals surface area (Å²) in [5.41, 5.74) is 0.0234. The summed E-state index contributed by atoms with van der Waals surface area (Å²) in [5, 5.41) is 3.44. The Morgan fingerprint density at radius 1 is 1.16 bits per heavy atom. The first-order valence-electron chi connectivity index (χ1n) is 7.41. The Morgan fingerprint density at radius 2 is 1.84 bits per heavy atom. The zero-order valence-electron chi connectivity index (χ0n) is 13.1. The van der Waals surface area contributed by atoms with Gasteiger partial charge in [-0.3, -0.25) is 4.79 Å². The van der Waals surface area contributed by atoms with E-state index in [-0.39, 0.29) is 10.6 Å². The van der Waals surface area contributed by atoms with Crippen LogP contribution in [-0.2, 0) is 9.53 Å². The summed E-state index contributed by atoms with van der Waals surface area (Å²) in [5.74, 6) is -1.89. The van der Waals surface area contributed by atoms with Crippen molar-refractivity contribution < 1.29 is 18.7 Å². The van der Waals surface area contributed by atoms with Crippen molar-refractivity contribution in [1.82, 2.24) is 0 Å². The Balaban J connectivity index is 1.72. The highest BCUT2D eigenvalue weighted by atomic mass is 35.5. The monoisotopic (exact) mass is 377 g/mol. The van der Waals surface area contributed by atoms with Crippen molar-refractivity contribution >= 4 is 50.6 Å². The van der Waals surface area contributed by atoms with Gasteiger partial charge in [-0.2, -0.15) is 0 Å². The second kappa shape index (κ2) is 7.21. The zero-order valence-corrected chi connectivity index (χ0v) is 14.7. The van der Waals surface area contributed by atoms with Crippen LogP contribution >= 0.6 is 22.9 Å². The van der Waals surface area contributed by atoms with Crippen LogP contribution in [0.1, 0.15) is 16.6 Å². The number of carbonyl (C=O) groups excluding carboxylic acids is 2. The number of para-hydroxylation sites is 1. The molecule has 1 N–H and O–H groups in total. The van der Waals surface area contributed by atoms with E-state index in [1.807, 2.05) is 18.2 Å². The largest absolute Gasteiger partial charge is 0.448 e. The van der Waals surface area contributed by atoms with E-state index in [0.29, 0.717) is 5.02 Å². The first kappa shape index (κ1) is 17.4. The minimum absolute atomic E-state index is 0.0234. The van der Waals surface area contributed by atoms with Crippen molar-refractivity contribution in [3.63, 3.8) is 0 Å². The predicted molar refractivity (Wildman–Crippen MR) is 96.7 cm³/mol. The molecule has 25 heavy (non-hydrogen) atoms. The fourth-order valence-corrected chi connectivity index (χ4v) is 3.60. The van der Waals surface area contributed by atoms with Gasteiger partial charge in [0.15, 0.2) is 6.10 Å². The third-order valence-corrected chi connectivity index (χ3v) is 5.16. The Hall–Kier alpha value is -2.44. The number of rotatable bonds is 4. The molecule has 0 unspecified atom stereocenters. The lowest BCUT2D eigenvalue weighted by Crippen LogP contribution is -2.30. The van der Waals surface area contributed by atoms with Gasteiger partial charge in [0.1, 0.15) is 10.7 Å². The number of halogens is 2. The van der Waals surface area contributed by atoms with Gasteiger partial charge in [-0.1, -0.05) is 41.9 Å². The molecule has 1 atom stereocenters. The maximum Gasteiger partial charge on any atom is 0.350 e. The molecule has 1 heterocycles. The highest BCUT2D eigenvalue weighted by Gasteiger charge is 2.24. The Bertz CT molecular complexity index is 956. The maximum atomic E-state index is 13.6. The predicted octanol–water partition coefficient (Wildman–Crippen LogP) is 4.88. The molecule has 0 fully saturated rings. The van der Waals surface area contributed by atoms with Gasteiger partial charge in [0, 0.05) is 10.1 Å². The van der Waals surface area contributed by atoms with Crippen molar-refractivity contribution in [3.05, 3.63) is 64.2 Å². The molecule has 128 valence electrons. The number of thiophene rings is 1. The van der Waals surface area contributed by atoms with Crippen LogP contribution < -0.4 is 5.32 Å². The Kier molecular flexibility index (Phi) is 5.01. The fraction of sp³-hybridized carbons (Fsp3) is 0.111. The molecule has 0 saturated carbocycles. The van der Waals surface area contributed by atoms with Crippen molar-refractivity contribution in [2.75, 3.05) is 5.32 Å². The van der Waals surface area contributed by atoms with E-state index in [4.69, 9.17) is 16.3 Å². The Labute approximate surface area is 152 Å². The van der Waals surface area contributed by atoms with Crippen LogP contribution in [0.4, 0.5) is 10.1 Å². The molecule has 0 spiro atoms. The first-order chi connectivity index (χ1) is 12.0. The van der Waals surface area contributed by atoms with Gasteiger partial charge in [-0.25, -0.2) is 9.18 Å². The van der Waals surface area contributed by atoms with E-state index >= 15 is 0 Å². The van der Waals surface area contributed by atoms with Crippen LogP contribution in [0.15, 0.2) is 48.5 Å². The highest BCUT2D eigenvalue weighted by Crippen LogP contribution is 2.35. The average Bonchev–Trinajstić information content (AvgIpc) is 2.94. The zero-order chi connectivity index (χ0) is 18.0. The third kappa shape index (κ3) is 3.65. The summed E-state index contributed by atoms with van der Waals surface area (Å²) < 4.78 is 19.6. The third-order valence-electron chi connectivity index (χ3n) is 3.51. The summed E-state index contributed by atoms with van der Waals surface area (Å²) in [6.45, 7) is 1.41. The topological polar surface area (TPSA) is 55.4 Å². The highest BCUT2D eigenvalue weighted by molar-refractivity contribution is 7.21. The number of amides is 1. The van der Waals surface area contributed by atoms with Gasteiger partial charge in [0.25, 0.3) is 5.91 Å². The summed E-state index contributed by atoms with van der Waals surface area (Å²) in [4.78, 5) is 24.7. The number of benzene rings is 2. The van der Waals surface area contributed by atoms with Crippen LogP contribution in [0, 0.1) is 5.82 Å². The van der Waals surface area contributed by atoms with Crippen molar-refractivity contribution in [2.45, 2.75) is 13.0 Å². The average molecular weight is 378 g/mol. The van der Waals surface area contributed by atoms with Crippen molar-refractivity contribution in [1.29, 1.82) is 0 Å². The molecule has 3 aromatic rings. The van der Waals surface area contributed by atoms with Crippen LogP contribution in [0.3, 0.4) is 0 Å². The lowest BCUT2D eigenvalue weighted by atomic mass is 10.2. The van der Waals surface area contributed by atoms with E-state index in [1.165, 1.54) is 36.5 Å². The van der Waals surface area contributed by atoms with Gasteiger partial charge < -0.3 is 10.1 Å². The molecule has 0 bridgehead atoms. The molecular weight excluding hydrogens is 365 g/mol. The maximum absolute atomic E-state index is 13.6. The van der Waals surface area contributed by atoms with E-state index in [9.17, 15) is 14.0 Å². The van der Waals surface area contributed by atoms with E-state index in [0.717, 1.165) is 10.1 Å². The number of hydrogen-bond donors (Lipinski definition) is 1. The van der Waals surface area contributed by atoms with Gasteiger partial charge in [0.2, 0.25) is 0 Å². The molecule has 0 aliphatic carbocycles. The molecule has 3 rings (SSSR count). The second-order valence-corrected chi connectivity index (χ2v) is 6.69. The standard InChI is InChI=1S/C18H13ClFNO3S/c1-10(17(22)21-13-8-4-3-7-12(13)20)24-18(23)16-15(19)11-6-2-5-9-14(11)25-16/h2-10H,1H3,(H,21,22)/t10-/m1/s1. The summed E-state index contributed by atoms with van der Waals surface area (Å²) in [6.07, 6.45) is -1.10. The molecule has 0 aliphatic heterocycles. The molecule has 0 saturated heterocycles. The Morgan fingerprint density at radius 3 is 2.56 bits per heavy atom. The summed E-state index contributed by atoms with van der Waals surface area (Å²) in [7, 11) is 0. The molecule has 0 radical (unpaired) electrons. The van der Waals surface area contributed by atoms with E-state index in [1.54, 1.807) is 12.1 Å². The fourth-order valence-electron chi connectivity index (χ4n) is 2.21. The molecule has 1 aromatic heterocycles. The molecule has 1 amide bonds. The minimum Gasteiger partial charge on any atom is -0.448 e. The number of esters is 1. The summed E-state index contributed by atoms with van der Waals surface area (Å²) >= 11 is 7.42. The van der Waals surface area contributed by atoms with E-state index < -0.39 is 23.8 Å². The van der Waals surface area contributed by atoms with Gasteiger partial charge >= 0.3 is 5.97 Å². The molecular formula is C18H13ClFNO3S. The van der Waals surface area contributed by atoms with Gasteiger partial charge in [-0.15, -0.1) is 11.3 Å². The van der Waals surface area contributed by atoms with Crippen molar-refractivity contribution in [2.24, 2.45) is 0 Å². The number of ether oxygens (including phenoxy) is 1. The van der Waals surface area contributed by atoms with Gasteiger partial charge in [0.05, 0.1) is 10.7 Å². The van der Waals surface area contributed by atoms with Gasteiger partial charge in [-0.05, 0) is 25.1 Å². The quantitative estimate of drug-likeness (QED) is 0.659. The van der Waals surface area contributed by atoms with Crippen LogP contribution in [0.25, 0.3) is 10.1 Å². The number of anilines is 1. The number of carbonyl (C=O) groups is 2. The second-order valence-electron chi connectivity index (χ2n) is 5.26. The number of nitrogens with one attached hydrogen (secondary N) is 1. The lowest BCUT2D eigenvalue weighted by molar-refractivity contribution is -0.123. The van der Waals surface area contributed by atoms with Crippen molar-refractivity contribution in [3.8, 4) is 0 Å². The smallest absolute Gasteiger partial charge is 0.350 e. The minimum atomic E-state index is -1.10. The normalized spacial score (nSPS) is 12.0. The molecule has 4 nitrogen and oxygen atoms in total. The summed E-state index contributed by atoms with van der Waals surface area (Å²) in [6, 6.07) is 13.1. The van der Waals surface area contributed by atoms with Crippen LogP contribution in [0.5, 0.6) is 0 Å². The molecule has 2 aromatic carbocycles.